The van der Waals surface area contributed by atoms with Crippen molar-refractivity contribution in [2.45, 2.75) is 26.4 Å². The molecule has 2 rings (SSSR count). The molecule has 20 heavy (non-hydrogen) atoms. The van der Waals surface area contributed by atoms with Crippen molar-refractivity contribution in [2.24, 2.45) is 0 Å². The highest BCUT2D eigenvalue weighted by Gasteiger charge is 2.20. The van der Waals surface area contributed by atoms with E-state index in [1.54, 1.807) is 6.26 Å². The predicted octanol–water partition coefficient (Wildman–Crippen LogP) is 3.43. The molecule has 3 nitrogen and oxygen atoms in total. The van der Waals surface area contributed by atoms with Crippen molar-refractivity contribution in [3.8, 4) is 0 Å². The Labute approximate surface area is 118 Å². The third kappa shape index (κ3) is 3.14. The normalized spacial score (nSPS) is 12.7. The number of nitrogens with zero attached hydrogens (tertiary/aromatic N) is 1. The van der Waals surface area contributed by atoms with Gasteiger partial charge >= 0.3 is 0 Å². The Hall–Kier alpha value is -1.94. The van der Waals surface area contributed by atoms with Crippen molar-refractivity contribution >= 4 is 5.78 Å². The molecule has 2 aromatic rings. The first-order valence-electron chi connectivity index (χ1n) is 6.52. The number of Topliss-reactive ketones (excluding diaryl/α,β-unsaturated/α-hetero) is 1. The van der Waals surface area contributed by atoms with Gasteiger partial charge in [-0.2, -0.15) is 0 Å². The van der Waals surface area contributed by atoms with Gasteiger partial charge in [-0.25, -0.2) is 4.39 Å². The van der Waals surface area contributed by atoms with Gasteiger partial charge in [-0.3, -0.25) is 9.69 Å². The molecule has 0 aliphatic rings. The smallest absolute Gasteiger partial charge is 0.179 e. The first-order chi connectivity index (χ1) is 9.49. The minimum absolute atomic E-state index is 0.0198. The molecule has 0 radical (unpaired) electrons. The van der Waals surface area contributed by atoms with E-state index in [0.717, 1.165) is 11.3 Å². The molecule has 0 aliphatic carbocycles. The van der Waals surface area contributed by atoms with Gasteiger partial charge in [-0.05, 0) is 51.2 Å². The monoisotopic (exact) mass is 275 g/mol. The Morgan fingerprint density at radius 3 is 2.50 bits per heavy atom. The molecule has 1 atom stereocenters. The summed E-state index contributed by atoms with van der Waals surface area (Å²) in [6.45, 7) is 4.38. The molecule has 1 aromatic carbocycles. The minimum atomic E-state index is -0.337. The second-order valence-electron chi connectivity index (χ2n) is 4.96. The maximum absolute atomic E-state index is 12.9. The van der Waals surface area contributed by atoms with Crippen molar-refractivity contribution in [2.75, 3.05) is 7.05 Å². The van der Waals surface area contributed by atoms with Crippen molar-refractivity contribution in [1.29, 1.82) is 0 Å². The van der Waals surface area contributed by atoms with Crippen molar-refractivity contribution in [1.82, 2.24) is 4.90 Å². The van der Waals surface area contributed by atoms with Crippen LogP contribution in [-0.4, -0.2) is 23.8 Å². The summed E-state index contributed by atoms with van der Waals surface area (Å²) >= 11 is 0. The highest BCUT2D eigenvalue weighted by atomic mass is 19.1. The van der Waals surface area contributed by atoms with Crippen LogP contribution in [0, 0.1) is 12.7 Å². The number of carbonyl (C=O) groups excluding carboxylic acids is 1. The number of hydrogen-bond acceptors (Lipinski definition) is 3. The number of halogens is 1. The molecule has 0 saturated heterocycles. The predicted molar refractivity (Wildman–Crippen MR) is 75.1 cm³/mol. The zero-order valence-electron chi connectivity index (χ0n) is 11.9. The third-order valence-electron chi connectivity index (χ3n) is 3.56. The molecular weight excluding hydrogens is 257 g/mol. The Balaban J connectivity index is 2.06. The summed E-state index contributed by atoms with van der Waals surface area (Å²) in [5.41, 5.74) is 1.58. The average Bonchev–Trinajstić information content (AvgIpc) is 2.83. The highest BCUT2D eigenvalue weighted by molar-refractivity contribution is 5.99. The number of rotatable bonds is 5. The molecule has 0 N–H and O–H groups in total. The van der Waals surface area contributed by atoms with E-state index in [1.807, 2.05) is 31.9 Å². The van der Waals surface area contributed by atoms with E-state index in [0.29, 0.717) is 12.1 Å². The number of aryl methyl sites for hydroxylation is 1. The summed E-state index contributed by atoms with van der Waals surface area (Å²) in [7, 11) is 1.89. The molecule has 0 saturated carbocycles. The minimum Gasteiger partial charge on any atom is -0.469 e. The molecule has 1 heterocycles. The molecule has 0 amide bonds. The summed E-state index contributed by atoms with van der Waals surface area (Å²) in [5, 5.41) is 0. The van der Waals surface area contributed by atoms with Crippen LogP contribution in [0.15, 0.2) is 41.0 Å². The summed E-state index contributed by atoms with van der Waals surface area (Å²) < 4.78 is 18.1. The summed E-state index contributed by atoms with van der Waals surface area (Å²) in [4.78, 5) is 14.3. The highest BCUT2D eigenvalue weighted by Crippen LogP contribution is 2.15. The zero-order chi connectivity index (χ0) is 14.7. The SMILES string of the molecule is Cc1occc1CN(C)C(C)C(=O)c1ccc(F)cc1. The van der Waals surface area contributed by atoms with E-state index in [4.69, 9.17) is 4.42 Å². The lowest BCUT2D eigenvalue weighted by atomic mass is 10.0. The molecule has 0 fully saturated rings. The van der Waals surface area contributed by atoms with Crippen LogP contribution in [0.5, 0.6) is 0 Å². The van der Waals surface area contributed by atoms with Gasteiger partial charge in [0.1, 0.15) is 11.6 Å². The number of ketones is 1. The lowest BCUT2D eigenvalue weighted by Gasteiger charge is -2.23. The van der Waals surface area contributed by atoms with E-state index in [1.165, 1.54) is 24.3 Å². The molecule has 106 valence electrons. The van der Waals surface area contributed by atoms with Crippen LogP contribution in [0.1, 0.15) is 28.6 Å². The average molecular weight is 275 g/mol. The zero-order valence-corrected chi connectivity index (χ0v) is 11.9. The number of hydrogen-bond donors (Lipinski definition) is 0. The van der Waals surface area contributed by atoms with Gasteiger partial charge in [0.15, 0.2) is 5.78 Å². The second-order valence-corrected chi connectivity index (χ2v) is 4.96. The van der Waals surface area contributed by atoms with Crippen molar-refractivity contribution in [3.63, 3.8) is 0 Å². The molecule has 0 bridgehead atoms. The molecule has 1 aromatic heterocycles. The van der Waals surface area contributed by atoms with Crippen LogP contribution in [0.2, 0.25) is 0 Å². The summed E-state index contributed by atoms with van der Waals surface area (Å²) in [6, 6.07) is 7.27. The maximum Gasteiger partial charge on any atom is 0.179 e. The van der Waals surface area contributed by atoms with Crippen molar-refractivity contribution < 1.29 is 13.6 Å². The van der Waals surface area contributed by atoms with Gasteiger partial charge in [0, 0.05) is 17.7 Å². The largest absolute Gasteiger partial charge is 0.469 e. The molecule has 1 unspecified atom stereocenters. The number of likely N-dealkylation sites (N-methyl/N-ethyl adjacent to an activating group) is 1. The fourth-order valence-electron chi connectivity index (χ4n) is 2.04. The van der Waals surface area contributed by atoms with Gasteiger partial charge in [0.05, 0.1) is 12.3 Å². The Morgan fingerprint density at radius 1 is 1.30 bits per heavy atom. The molecule has 0 spiro atoms. The van der Waals surface area contributed by atoms with E-state index in [9.17, 15) is 9.18 Å². The van der Waals surface area contributed by atoms with E-state index in [2.05, 4.69) is 0 Å². The standard InChI is InChI=1S/C16H18FNO2/c1-11(16(19)13-4-6-15(17)7-5-13)18(3)10-14-8-9-20-12(14)2/h4-9,11H,10H2,1-3H3. The fourth-order valence-corrected chi connectivity index (χ4v) is 2.04. The van der Waals surface area contributed by atoms with E-state index >= 15 is 0 Å². The van der Waals surface area contributed by atoms with Crippen LogP contribution in [-0.2, 0) is 6.54 Å². The summed E-state index contributed by atoms with van der Waals surface area (Å²) in [5.74, 6) is 0.503. The molecule has 4 heteroatoms. The number of carbonyl (C=O) groups is 1. The lowest BCUT2D eigenvalue weighted by molar-refractivity contribution is 0.0861. The lowest BCUT2D eigenvalue weighted by Crippen LogP contribution is -2.35. The Morgan fingerprint density at radius 2 is 1.95 bits per heavy atom. The van der Waals surface area contributed by atoms with E-state index < -0.39 is 0 Å². The van der Waals surface area contributed by atoms with Crippen LogP contribution in [0.4, 0.5) is 4.39 Å². The van der Waals surface area contributed by atoms with Gasteiger partial charge < -0.3 is 4.42 Å². The quantitative estimate of drug-likeness (QED) is 0.784. The van der Waals surface area contributed by atoms with Crippen LogP contribution < -0.4 is 0 Å². The van der Waals surface area contributed by atoms with Gasteiger partial charge in [-0.15, -0.1) is 0 Å². The van der Waals surface area contributed by atoms with Crippen molar-refractivity contribution in [3.05, 3.63) is 59.3 Å². The van der Waals surface area contributed by atoms with Gasteiger partial charge in [-0.1, -0.05) is 0 Å². The number of furan rings is 1. The van der Waals surface area contributed by atoms with E-state index in [-0.39, 0.29) is 17.6 Å². The van der Waals surface area contributed by atoms with Gasteiger partial charge in [0.25, 0.3) is 0 Å². The van der Waals surface area contributed by atoms with Gasteiger partial charge in [0.2, 0.25) is 0 Å². The second kappa shape index (κ2) is 6.01. The Bertz CT molecular complexity index is 589. The topological polar surface area (TPSA) is 33.5 Å². The first kappa shape index (κ1) is 14.5. The summed E-state index contributed by atoms with van der Waals surface area (Å²) in [6.07, 6.45) is 1.64. The maximum atomic E-state index is 12.9. The third-order valence-corrected chi connectivity index (χ3v) is 3.56. The van der Waals surface area contributed by atoms with Crippen LogP contribution in [0.25, 0.3) is 0 Å². The van der Waals surface area contributed by atoms with Crippen LogP contribution in [0.3, 0.4) is 0 Å². The Kier molecular flexibility index (Phi) is 4.35. The van der Waals surface area contributed by atoms with Crippen LogP contribution >= 0.6 is 0 Å². The molecular formula is C16H18FNO2. The molecule has 0 aliphatic heterocycles. The fraction of sp³-hybridized carbons (Fsp3) is 0.312. The first-order valence-corrected chi connectivity index (χ1v) is 6.52. The number of benzene rings is 1.